The lowest BCUT2D eigenvalue weighted by Gasteiger charge is -2.01. The maximum Gasteiger partial charge on any atom is 0.449 e. The Morgan fingerprint density at radius 1 is 1.58 bits per heavy atom. The Morgan fingerprint density at radius 3 is 2.42 bits per heavy atom. The smallest absolute Gasteiger partial charge is 0.337 e. The molecule has 0 bridgehead atoms. The predicted molar refractivity (Wildman–Crippen MR) is 37.9 cm³/mol. The molecule has 1 aromatic heterocycles. The summed E-state index contributed by atoms with van der Waals surface area (Å²) >= 11 is 5.53. The van der Waals surface area contributed by atoms with Gasteiger partial charge in [0.15, 0.2) is 0 Å². The van der Waals surface area contributed by atoms with Crippen molar-refractivity contribution in [1.29, 1.82) is 0 Å². The molecule has 2 nitrogen and oxygen atoms in total. The fraction of sp³-hybridized carbons (Fsp3) is 0.500. The first-order valence-electron chi connectivity index (χ1n) is 3.17. The Labute approximate surface area is 71.8 Å². The van der Waals surface area contributed by atoms with Crippen LogP contribution >= 0.6 is 11.6 Å². The number of imidazole rings is 1. The van der Waals surface area contributed by atoms with Crippen LogP contribution in [-0.4, -0.2) is 9.97 Å². The van der Waals surface area contributed by atoms with E-state index in [0.717, 1.165) is 6.20 Å². The van der Waals surface area contributed by atoms with Gasteiger partial charge >= 0.3 is 6.18 Å². The van der Waals surface area contributed by atoms with Crippen molar-refractivity contribution in [1.82, 2.24) is 9.97 Å². The van der Waals surface area contributed by atoms with Gasteiger partial charge in [-0.3, -0.25) is 0 Å². The second-order valence-corrected chi connectivity index (χ2v) is 2.96. The van der Waals surface area contributed by atoms with Gasteiger partial charge in [-0.1, -0.05) is 0 Å². The Balaban J connectivity index is 2.92. The highest BCUT2D eigenvalue weighted by molar-refractivity contribution is 6.20. The molecule has 1 rings (SSSR count). The van der Waals surface area contributed by atoms with Crippen LogP contribution in [0.1, 0.15) is 23.8 Å². The Hall–Kier alpha value is -0.710. The molecular formula is C6H6ClF3N2. The van der Waals surface area contributed by atoms with Gasteiger partial charge in [0.25, 0.3) is 0 Å². The molecule has 0 aliphatic carbocycles. The molecule has 1 unspecified atom stereocenters. The molecule has 12 heavy (non-hydrogen) atoms. The molecule has 0 fully saturated rings. The first-order valence-corrected chi connectivity index (χ1v) is 3.61. The van der Waals surface area contributed by atoms with Crippen LogP contribution in [0.5, 0.6) is 0 Å². The molecule has 6 heteroatoms. The second kappa shape index (κ2) is 2.97. The minimum absolute atomic E-state index is 0.268. The molecule has 0 spiro atoms. The molecule has 0 aromatic carbocycles. The van der Waals surface area contributed by atoms with Crippen LogP contribution in [0, 0.1) is 0 Å². The molecule has 1 aromatic rings. The molecule has 68 valence electrons. The van der Waals surface area contributed by atoms with Crippen molar-refractivity contribution in [3.05, 3.63) is 17.7 Å². The van der Waals surface area contributed by atoms with Crippen molar-refractivity contribution < 1.29 is 13.2 Å². The maximum atomic E-state index is 11.9. The lowest BCUT2D eigenvalue weighted by Crippen LogP contribution is -2.07. The highest BCUT2D eigenvalue weighted by Gasteiger charge is 2.34. The summed E-state index contributed by atoms with van der Waals surface area (Å²) in [6.45, 7) is 1.56. The summed E-state index contributed by atoms with van der Waals surface area (Å²) in [5.74, 6) is -1.01. The van der Waals surface area contributed by atoms with Crippen LogP contribution in [0.3, 0.4) is 0 Å². The van der Waals surface area contributed by atoms with E-state index in [1.165, 1.54) is 0 Å². The summed E-state index contributed by atoms with van der Waals surface area (Å²) in [6.07, 6.45) is -3.34. The Bertz CT molecular complexity index is 266. The normalized spacial score (nSPS) is 14.8. The molecule has 1 heterocycles. The molecule has 0 amide bonds. The highest BCUT2D eigenvalue weighted by atomic mass is 35.5. The highest BCUT2D eigenvalue weighted by Crippen LogP contribution is 2.28. The van der Waals surface area contributed by atoms with Gasteiger partial charge in [0, 0.05) is 0 Å². The molecule has 1 N–H and O–H groups in total. The van der Waals surface area contributed by atoms with E-state index in [4.69, 9.17) is 11.6 Å². The van der Waals surface area contributed by atoms with Crippen molar-refractivity contribution in [3.8, 4) is 0 Å². The van der Waals surface area contributed by atoms with E-state index in [1.54, 1.807) is 6.92 Å². The Morgan fingerprint density at radius 2 is 2.17 bits per heavy atom. The lowest BCUT2D eigenvalue weighted by molar-refractivity contribution is -0.144. The number of rotatable bonds is 1. The minimum atomic E-state index is -4.43. The van der Waals surface area contributed by atoms with E-state index in [2.05, 4.69) is 9.97 Å². The number of aromatic nitrogens is 2. The first kappa shape index (κ1) is 9.38. The van der Waals surface area contributed by atoms with Crippen molar-refractivity contribution in [2.75, 3.05) is 0 Å². The lowest BCUT2D eigenvalue weighted by atomic mass is 10.4. The summed E-state index contributed by atoms with van der Waals surface area (Å²) in [5, 5.41) is -0.492. The van der Waals surface area contributed by atoms with Gasteiger partial charge in [-0.2, -0.15) is 13.2 Å². The predicted octanol–water partition coefficient (Wildman–Crippen LogP) is 2.73. The van der Waals surface area contributed by atoms with Gasteiger partial charge in [-0.15, -0.1) is 11.6 Å². The van der Waals surface area contributed by atoms with Gasteiger partial charge in [0.05, 0.1) is 17.3 Å². The third-order valence-electron chi connectivity index (χ3n) is 1.29. The summed E-state index contributed by atoms with van der Waals surface area (Å²) in [6, 6.07) is 0. The number of nitrogens with zero attached hydrogens (tertiary/aromatic N) is 1. The van der Waals surface area contributed by atoms with Crippen LogP contribution in [0.25, 0.3) is 0 Å². The van der Waals surface area contributed by atoms with Gasteiger partial charge in [-0.25, -0.2) is 4.98 Å². The first-order chi connectivity index (χ1) is 5.41. The van der Waals surface area contributed by atoms with Crippen molar-refractivity contribution in [2.45, 2.75) is 18.5 Å². The van der Waals surface area contributed by atoms with Crippen molar-refractivity contribution in [2.24, 2.45) is 0 Å². The van der Waals surface area contributed by atoms with Gasteiger partial charge in [0.1, 0.15) is 0 Å². The summed E-state index contributed by atoms with van der Waals surface area (Å²) < 4.78 is 35.8. The fourth-order valence-corrected chi connectivity index (χ4v) is 0.792. The number of alkyl halides is 4. The van der Waals surface area contributed by atoms with Gasteiger partial charge < -0.3 is 4.98 Å². The molecular weight excluding hydrogens is 193 g/mol. The topological polar surface area (TPSA) is 28.7 Å². The van der Waals surface area contributed by atoms with Crippen LogP contribution in [-0.2, 0) is 6.18 Å². The standard InChI is InChI=1S/C6H6ClF3N2/c1-3(7)4-2-11-5(12-4)6(8,9)10/h2-3H,1H3,(H,11,12). The average Bonchev–Trinajstić information content (AvgIpc) is 2.30. The molecule has 0 aliphatic heterocycles. The largest absolute Gasteiger partial charge is 0.449 e. The zero-order chi connectivity index (χ0) is 9.35. The van der Waals surface area contributed by atoms with Crippen molar-refractivity contribution >= 4 is 11.6 Å². The SMILES string of the molecule is CC(Cl)c1cnc(C(F)(F)F)[nH]1. The number of halogens is 4. The molecule has 0 saturated carbocycles. The monoisotopic (exact) mass is 198 g/mol. The van der Waals surface area contributed by atoms with E-state index in [9.17, 15) is 13.2 Å². The number of hydrogen-bond donors (Lipinski definition) is 1. The van der Waals surface area contributed by atoms with Gasteiger partial charge in [-0.05, 0) is 6.92 Å². The van der Waals surface area contributed by atoms with Crippen LogP contribution in [0.15, 0.2) is 6.20 Å². The fourth-order valence-electron chi connectivity index (χ4n) is 0.682. The maximum absolute atomic E-state index is 11.9. The summed E-state index contributed by atoms with van der Waals surface area (Å²) in [4.78, 5) is 5.23. The van der Waals surface area contributed by atoms with Crippen molar-refractivity contribution in [3.63, 3.8) is 0 Å². The van der Waals surface area contributed by atoms with E-state index < -0.39 is 17.4 Å². The zero-order valence-electron chi connectivity index (χ0n) is 6.11. The van der Waals surface area contributed by atoms with E-state index in [0.29, 0.717) is 0 Å². The van der Waals surface area contributed by atoms with Crippen LogP contribution in [0.2, 0.25) is 0 Å². The molecule has 0 aliphatic rings. The van der Waals surface area contributed by atoms with Gasteiger partial charge in [0.2, 0.25) is 5.82 Å². The van der Waals surface area contributed by atoms with Crippen LogP contribution < -0.4 is 0 Å². The quantitative estimate of drug-likeness (QED) is 0.691. The number of aromatic amines is 1. The Kier molecular flexibility index (Phi) is 2.32. The minimum Gasteiger partial charge on any atom is -0.337 e. The third kappa shape index (κ3) is 1.91. The van der Waals surface area contributed by atoms with E-state index in [-0.39, 0.29) is 5.69 Å². The van der Waals surface area contributed by atoms with Crippen LogP contribution in [0.4, 0.5) is 13.2 Å². The summed E-state index contributed by atoms with van der Waals surface area (Å²) in [7, 11) is 0. The molecule has 1 atom stereocenters. The summed E-state index contributed by atoms with van der Waals surface area (Å²) in [5.41, 5.74) is 0.268. The number of H-pyrrole nitrogens is 1. The number of hydrogen-bond acceptors (Lipinski definition) is 1. The third-order valence-corrected chi connectivity index (χ3v) is 1.53. The number of nitrogens with one attached hydrogen (secondary N) is 1. The molecule has 0 saturated heterocycles. The van der Waals surface area contributed by atoms with E-state index >= 15 is 0 Å². The van der Waals surface area contributed by atoms with E-state index in [1.807, 2.05) is 0 Å². The average molecular weight is 199 g/mol. The zero-order valence-corrected chi connectivity index (χ0v) is 6.87. The second-order valence-electron chi connectivity index (χ2n) is 2.30. The molecule has 0 radical (unpaired) electrons.